The number of nitrogens with zero attached hydrogens (tertiary/aromatic N) is 2. The maximum absolute atomic E-state index is 13.1. The van der Waals surface area contributed by atoms with Gasteiger partial charge in [-0.2, -0.15) is 5.26 Å². The number of hydrogen-bond acceptors (Lipinski definition) is 5. The van der Waals surface area contributed by atoms with Crippen LogP contribution >= 0.6 is 11.3 Å². The van der Waals surface area contributed by atoms with Crippen LogP contribution in [0, 0.1) is 17.1 Å². The van der Waals surface area contributed by atoms with Crippen molar-refractivity contribution in [3.8, 4) is 11.8 Å². The van der Waals surface area contributed by atoms with Crippen molar-refractivity contribution in [1.82, 2.24) is 4.57 Å². The highest BCUT2D eigenvalue weighted by Crippen LogP contribution is 2.17. The number of para-hydroxylation sites is 1. The van der Waals surface area contributed by atoms with Crippen molar-refractivity contribution in [2.75, 3.05) is 7.11 Å². The van der Waals surface area contributed by atoms with Crippen LogP contribution in [0.25, 0.3) is 11.6 Å². The Morgan fingerprint density at radius 1 is 1.21 bits per heavy atom. The fourth-order valence-electron chi connectivity index (χ4n) is 2.65. The smallest absolute Gasteiger partial charge is 0.268 e. The van der Waals surface area contributed by atoms with Gasteiger partial charge >= 0.3 is 0 Å². The van der Waals surface area contributed by atoms with Crippen molar-refractivity contribution < 1.29 is 13.9 Å². The second-order valence-electron chi connectivity index (χ2n) is 5.84. The highest BCUT2D eigenvalue weighted by atomic mass is 32.1. The molecule has 0 saturated heterocycles. The van der Waals surface area contributed by atoms with E-state index < -0.39 is 11.6 Å². The summed E-state index contributed by atoms with van der Waals surface area (Å²) in [6.45, 7) is 0. The number of methoxy groups -OCH3 is 1. The minimum Gasteiger partial charge on any atom is -0.496 e. The minimum absolute atomic E-state index is 0.170. The summed E-state index contributed by atoms with van der Waals surface area (Å²) in [7, 11) is 3.04. The Kier molecular flexibility index (Phi) is 5.52. The van der Waals surface area contributed by atoms with E-state index >= 15 is 0 Å². The predicted molar refractivity (Wildman–Crippen MR) is 105 cm³/mol. The second-order valence-corrected chi connectivity index (χ2v) is 6.88. The van der Waals surface area contributed by atoms with Gasteiger partial charge in [-0.1, -0.05) is 18.2 Å². The van der Waals surface area contributed by atoms with Crippen LogP contribution in [0.3, 0.4) is 0 Å². The molecule has 3 aromatic rings. The molecule has 7 heteroatoms. The molecule has 0 N–H and O–H groups in total. The molecule has 0 unspecified atom stereocenters. The van der Waals surface area contributed by atoms with Gasteiger partial charge in [-0.05, 0) is 36.4 Å². The molecule has 0 aliphatic rings. The van der Waals surface area contributed by atoms with Gasteiger partial charge in [0, 0.05) is 18.2 Å². The van der Waals surface area contributed by atoms with E-state index in [0.717, 1.165) is 23.5 Å². The van der Waals surface area contributed by atoms with Crippen molar-refractivity contribution in [1.29, 1.82) is 5.26 Å². The first-order chi connectivity index (χ1) is 13.5. The van der Waals surface area contributed by atoms with Gasteiger partial charge in [-0.3, -0.25) is 9.59 Å². The Bertz CT molecular complexity index is 1260. The summed E-state index contributed by atoms with van der Waals surface area (Å²) in [6, 6.07) is 14.0. The summed E-state index contributed by atoms with van der Waals surface area (Å²) >= 11 is 1.04. The maximum atomic E-state index is 13.1. The van der Waals surface area contributed by atoms with Crippen LogP contribution in [0.5, 0.6) is 5.75 Å². The Hall–Kier alpha value is -3.50. The average Bonchev–Trinajstić information content (AvgIpc) is 2.98. The molecule has 0 radical (unpaired) electrons. The Morgan fingerprint density at radius 3 is 2.54 bits per heavy atom. The lowest BCUT2D eigenvalue weighted by molar-refractivity contribution is 0.105. The standard InChI is InChI=1S/C21H15FN2O3S/c1-24-20(26)18(11-14-5-3-4-6-17(14)27-2)28-21(24)16(12-23)19(25)13-7-9-15(22)10-8-13/h3-11H,1-2H3. The number of nitriles is 1. The summed E-state index contributed by atoms with van der Waals surface area (Å²) in [6.07, 6.45) is 1.66. The zero-order valence-corrected chi connectivity index (χ0v) is 15.9. The number of rotatable bonds is 4. The normalized spacial score (nSPS) is 12.4. The molecular formula is C21H15FN2O3S. The molecule has 0 atom stereocenters. The van der Waals surface area contributed by atoms with Gasteiger partial charge in [-0.25, -0.2) is 4.39 Å². The third-order valence-electron chi connectivity index (χ3n) is 4.11. The molecule has 28 heavy (non-hydrogen) atoms. The molecule has 0 aliphatic heterocycles. The van der Waals surface area contributed by atoms with Crippen molar-refractivity contribution in [3.63, 3.8) is 0 Å². The van der Waals surface area contributed by atoms with Crippen LogP contribution in [-0.2, 0) is 7.05 Å². The topological polar surface area (TPSA) is 72.1 Å². The third kappa shape index (κ3) is 3.63. The Labute approximate surface area is 163 Å². The van der Waals surface area contributed by atoms with Crippen LogP contribution in [-0.4, -0.2) is 17.5 Å². The lowest BCUT2D eigenvalue weighted by Crippen LogP contribution is -2.30. The molecule has 5 nitrogen and oxygen atoms in total. The van der Waals surface area contributed by atoms with Crippen LogP contribution in [0.1, 0.15) is 15.9 Å². The number of carbonyl (C=O) groups is 1. The van der Waals surface area contributed by atoms with Crippen LogP contribution in [0.4, 0.5) is 4.39 Å². The number of halogens is 1. The predicted octanol–water partition coefficient (Wildman–Crippen LogP) is 1.98. The number of aromatic nitrogens is 1. The number of Topliss-reactive ketones (excluding diaryl/α,β-unsaturated/α-hetero) is 1. The van der Waals surface area contributed by atoms with E-state index in [-0.39, 0.29) is 21.4 Å². The molecule has 0 fully saturated rings. The first-order valence-electron chi connectivity index (χ1n) is 8.21. The van der Waals surface area contributed by atoms with Gasteiger partial charge < -0.3 is 9.30 Å². The Morgan fingerprint density at radius 2 is 1.89 bits per heavy atom. The first kappa shape index (κ1) is 19.3. The largest absolute Gasteiger partial charge is 0.496 e. The van der Waals surface area contributed by atoms with E-state index in [1.807, 2.05) is 18.2 Å². The van der Waals surface area contributed by atoms with Crippen molar-refractivity contribution in [3.05, 3.63) is 85.0 Å². The quantitative estimate of drug-likeness (QED) is 0.635. The Balaban J connectivity index is 2.22. The van der Waals surface area contributed by atoms with E-state index in [1.165, 1.54) is 30.9 Å². The highest BCUT2D eigenvalue weighted by molar-refractivity contribution is 7.07. The molecule has 140 valence electrons. The fourth-order valence-corrected chi connectivity index (χ4v) is 3.73. The molecule has 0 aliphatic carbocycles. The summed E-state index contributed by atoms with van der Waals surface area (Å²) in [4.78, 5) is 25.3. The van der Waals surface area contributed by atoms with E-state index in [9.17, 15) is 19.2 Å². The molecule has 0 spiro atoms. The highest BCUT2D eigenvalue weighted by Gasteiger charge is 2.16. The van der Waals surface area contributed by atoms with Crippen molar-refractivity contribution >= 4 is 28.8 Å². The van der Waals surface area contributed by atoms with Gasteiger partial charge in [0.05, 0.1) is 11.6 Å². The molecule has 1 aromatic heterocycles. The molecule has 2 aromatic carbocycles. The monoisotopic (exact) mass is 394 g/mol. The summed E-state index contributed by atoms with van der Waals surface area (Å²) < 4.78 is 20.3. The van der Waals surface area contributed by atoms with Crippen molar-refractivity contribution in [2.45, 2.75) is 0 Å². The third-order valence-corrected chi connectivity index (χ3v) is 5.30. The van der Waals surface area contributed by atoms with Crippen molar-refractivity contribution in [2.24, 2.45) is 7.05 Å². The number of benzene rings is 2. The van der Waals surface area contributed by atoms with Gasteiger partial charge in [0.2, 0.25) is 5.78 Å². The lowest BCUT2D eigenvalue weighted by Gasteiger charge is -2.02. The number of ether oxygens (including phenoxy) is 1. The number of thiazole rings is 1. The average molecular weight is 394 g/mol. The second kappa shape index (κ2) is 8.03. The summed E-state index contributed by atoms with van der Waals surface area (Å²) in [5.74, 6) is -0.443. The van der Waals surface area contributed by atoms with E-state index in [4.69, 9.17) is 4.74 Å². The maximum Gasteiger partial charge on any atom is 0.268 e. The first-order valence-corrected chi connectivity index (χ1v) is 9.03. The summed E-state index contributed by atoms with van der Waals surface area (Å²) in [5, 5.41) is 9.54. The zero-order chi connectivity index (χ0) is 20.3. The fraction of sp³-hybridized carbons (Fsp3) is 0.0952. The zero-order valence-electron chi connectivity index (χ0n) is 15.1. The SMILES string of the molecule is COc1ccccc1C=c1sc(=C(C#N)C(=O)c2ccc(F)cc2)n(C)c1=O. The van der Waals surface area contributed by atoms with Crippen LogP contribution in [0.15, 0.2) is 53.3 Å². The van der Waals surface area contributed by atoms with Gasteiger partial charge in [0.15, 0.2) is 0 Å². The van der Waals surface area contributed by atoms with Crippen LogP contribution in [0.2, 0.25) is 0 Å². The van der Waals surface area contributed by atoms with E-state index in [2.05, 4.69) is 0 Å². The minimum atomic E-state index is -0.566. The molecule has 0 bridgehead atoms. The molecule has 3 rings (SSSR count). The lowest BCUT2D eigenvalue weighted by atomic mass is 10.1. The number of ketones is 1. The number of carbonyl (C=O) groups excluding carboxylic acids is 1. The van der Waals surface area contributed by atoms with Crippen LogP contribution < -0.4 is 19.5 Å². The molecule has 1 heterocycles. The molecule has 0 amide bonds. The summed E-state index contributed by atoms with van der Waals surface area (Å²) in [5.41, 5.74) is 0.384. The van der Waals surface area contributed by atoms with Gasteiger partial charge in [0.25, 0.3) is 5.56 Å². The van der Waals surface area contributed by atoms with E-state index in [1.54, 1.807) is 18.2 Å². The van der Waals surface area contributed by atoms with Gasteiger partial charge in [-0.15, -0.1) is 11.3 Å². The van der Waals surface area contributed by atoms with Gasteiger partial charge in [0.1, 0.15) is 27.9 Å². The van der Waals surface area contributed by atoms with E-state index in [0.29, 0.717) is 15.8 Å². The number of hydrogen-bond donors (Lipinski definition) is 0. The molecular weight excluding hydrogens is 379 g/mol. The molecule has 0 saturated carbocycles.